The summed E-state index contributed by atoms with van der Waals surface area (Å²) in [6.07, 6.45) is 16.8. The first-order valence-corrected chi connectivity index (χ1v) is 19.6. The number of aryl methyl sites for hydroxylation is 8. The van der Waals surface area contributed by atoms with Crippen molar-refractivity contribution >= 4 is 18.8 Å². The molecule has 0 bridgehead atoms. The summed E-state index contributed by atoms with van der Waals surface area (Å²) >= 11 is -0.472. The molecule has 4 aromatic heterocycles. The van der Waals surface area contributed by atoms with E-state index in [4.69, 9.17) is 18.8 Å². The maximum absolute atomic E-state index is 4.88. The maximum atomic E-state index is 4.88. The summed E-state index contributed by atoms with van der Waals surface area (Å²) in [4.78, 5) is 17.3. The van der Waals surface area contributed by atoms with Crippen LogP contribution in [0.5, 0.6) is 0 Å². The van der Waals surface area contributed by atoms with Crippen molar-refractivity contribution in [3.05, 3.63) is 83.7 Å². The molecule has 0 aliphatic rings. The second kappa shape index (κ2) is 18.6. The molecule has 41 heavy (non-hydrogen) atoms. The van der Waals surface area contributed by atoms with E-state index in [1.807, 2.05) is 24.8 Å². The second-order valence-electron chi connectivity index (χ2n) is 10.2. The van der Waals surface area contributed by atoms with Crippen LogP contribution in [0.2, 0.25) is 0 Å². The van der Waals surface area contributed by atoms with E-state index in [-0.39, 0.29) is 0 Å². The third kappa shape index (κ3) is 11.4. The van der Waals surface area contributed by atoms with E-state index in [1.165, 1.54) is 22.8 Å². The molecule has 0 atom stereocenters. The molecule has 0 saturated heterocycles. The summed E-state index contributed by atoms with van der Waals surface area (Å²) in [6, 6.07) is 0. The molecule has 4 heterocycles. The van der Waals surface area contributed by atoms with Crippen LogP contribution in [0.15, 0.2) is 24.8 Å². The van der Waals surface area contributed by atoms with Crippen LogP contribution in [0.3, 0.4) is 0 Å². The summed E-state index contributed by atoms with van der Waals surface area (Å²) in [7, 11) is 9.75. The van der Waals surface area contributed by atoms with Crippen molar-refractivity contribution in [3.63, 3.8) is 0 Å². The summed E-state index contributed by atoms with van der Waals surface area (Å²) in [5, 5.41) is 0. The van der Waals surface area contributed by atoms with Crippen LogP contribution in [0.4, 0.5) is 0 Å². The van der Waals surface area contributed by atoms with Crippen molar-refractivity contribution in [1.29, 1.82) is 0 Å². The fraction of sp³-hybridized carbons (Fsp3) is 0.533. The monoisotopic (exact) mass is 783 g/mol. The molecule has 0 saturated carbocycles. The minimum atomic E-state index is -0.472. The zero-order valence-corrected chi connectivity index (χ0v) is 29.6. The van der Waals surface area contributed by atoms with Gasteiger partial charge in [-0.1, -0.05) is 0 Å². The van der Waals surface area contributed by atoms with E-state index in [9.17, 15) is 0 Å². The zero-order valence-electron chi connectivity index (χ0n) is 25.8. The van der Waals surface area contributed by atoms with Crippen LogP contribution in [0.1, 0.15) is 71.8 Å². The number of aromatic nitrogens is 8. The van der Waals surface area contributed by atoms with Crippen LogP contribution in [-0.4, -0.2) is 38.2 Å². The summed E-state index contributed by atoms with van der Waals surface area (Å²) in [5.74, 6) is 4.42. The molecular formula is C30H46Cl2N8Pt. The number of hydrogen-bond acceptors (Lipinski definition) is 4. The Morgan fingerprint density at radius 2 is 0.683 bits per heavy atom. The number of rotatable bonds is 12. The minimum absolute atomic E-state index is 0.472. The third-order valence-corrected chi connectivity index (χ3v) is 7.25. The van der Waals surface area contributed by atoms with Gasteiger partial charge in [0.2, 0.25) is 0 Å². The quantitative estimate of drug-likeness (QED) is 0.111. The van der Waals surface area contributed by atoms with Gasteiger partial charge in [0.05, 0.1) is 0 Å². The van der Waals surface area contributed by atoms with Gasteiger partial charge in [0.25, 0.3) is 0 Å². The van der Waals surface area contributed by atoms with Crippen LogP contribution < -0.4 is 0 Å². The molecule has 0 aliphatic carbocycles. The first-order chi connectivity index (χ1) is 19.6. The molecule has 11 heteroatoms. The van der Waals surface area contributed by atoms with E-state index < -0.39 is 16.5 Å². The number of imidazole rings is 4. The number of nitrogens with zero attached hydrogens (tertiary/aromatic N) is 8. The molecule has 0 aromatic carbocycles. The average molecular weight is 785 g/mol. The Morgan fingerprint density at radius 1 is 0.488 bits per heavy atom. The Morgan fingerprint density at radius 3 is 0.829 bits per heavy atom. The van der Waals surface area contributed by atoms with Crippen molar-refractivity contribution in [2.45, 2.75) is 107 Å². The Labute approximate surface area is 263 Å². The first-order valence-electron chi connectivity index (χ1n) is 14.0. The molecule has 0 aliphatic heterocycles. The van der Waals surface area contributed by atoms with Gasteiger partial charge in [-0.3, -0.25) is 0 Å². The Bertz CT molecular complexity index is 1030. The first kappa shape index (κ1) is 35.3. The SMILES string of the molecule is Cc1cnc(C)n1CC[CH-]CCn1c(C)cnc1C.Cc1cnc(C)n1CC[CH-]CCn1c(C)cnc1C.[Cl][Pt+2][Cl]. The summed E-state index contributed by atoms with van der Waals surface area (Å²) in [6.45, 7) is 20.8. The van der Waals surface area contributed by atoms with Gasteiger partial charge in [0.15, 0.2) is 0 Å². The van der Waals surface area contributed by atoms with Crippen molar-refractivity contribution in [3.8, 4) is 0 Å². The van der Waals surface area contributed by atoms with E-state index in [0.29, 0.717) is 0 Å². The number of hydrogen-bond donors (Lipinski definition) is 0. The van der Waals surface area contributed by atoms with Gasteiger partial charge >= 0.3 is 35.3 Å². The molecule has 8 nitrogen and oxygen atoms in total. The molecule has 230 valence electrons. The fourth-order valence-corrected chi connectivity index (χ4v) is 4.85. The van der Waals surface area contributed by atoms with Crippen LogP contribution in [0.25, 0.3) is 0 Å². The fourth-order valence-electron chi connectivity index (χ4n) is 4.85. The van der Waals surface area contributed by atoms with Gasteiger partial charge in [0, 0.05) is 47.6 Å². The standard InChI is InChI=1S/2C15H23N4.2ClH.Pt/c2*1-12-10-16-14(3)18(12)8-6-5-7-9-19-13(2)11-17-15(19)4;;;/h2*5,10-11H,6-9H2,1-4H3;2*1H;/q2*-1;;;+4/p-2. The average Bonchev–Trinajstić information content (AvgIpc) is 3.64. The summed E-state index contributed by atoms with van der Waals surface area (Å²) < 4.78 is 9.07. The van der Waals surface area contributed by atoms with E-state index in [2.05, 4.69) is 106 Å². The van der Waals surface area contributed by atoms with Gasteiger partial charge in [-0.05, 0) is 81.6 Å². The normalized spacial score (nSPS) is 10.9. The topological polar surface area (TPSA) is 71.3 Å². The van der Waals surface area contributed by atoms with E-state index >= 15 is 0 Å². The zero-order chi connectivity index (χ0) is 30.4. The van der Waals surface area contributed by atoms with E-state index in [0.717, 1.165) is 75.2 Å². The van der Waals surface area contributed by atoms with Crippen LogP contribution in [0, 0.1) is 68.2 Å². The van der Waals surface area contributed by atoms with Crippen molar-refractivity contribution in [2.24, 2.45) is 0 Å². The molecule has 4 rings (SSSR count). The van der Waals surface area contributed by atoms with Crippen molar-refractivity contribution < 1.29 is 16.5 Å². The van der Waals surface area contributed by atoms with Gasteiger partial charge in [-0.25, -0.2) is 19.9 Å². The van der Waals surface area contributed by atoms with Gasteiger partial charge < -0.3 is 31.1 Å². The predicted molar refractivity (Wildman–Crippen MR) is 166 cm³/mol. The van der Waals surface area contributed by atoms with Crippen LogP contribution in [-0.2, 0) is 42.7 Å². The Balaban J connectivity index is 0.000000262. The van der Waals surface area contributed by atoms with Crippen LogP contribution >= 0.6 is 18.8 Å². The molecule has 0 N–H and O–H groups in total. The predicted octanol–water partition coefficient (Wildman–Crippen LogP) is 7.37. The van der Waals surface area contributed by atoms with E-state index in [1.54, 1.807) is 0 Å². The number of unbranched alkanes of at least 4 members (excludes halogenated alkanes) is 4. The molecule has 0 amide bonds. The van der Waals surface area contributed by atoms with Crippen molar-refractivity contribution in [1.82, 2.24) is 38.2 Å². The van der Waals surface area contributed by atoms with Gasteiger partial charge in [-0.15, -0.1) is 0 Å². The molecular weight excluding hydrogens is 738 g/mol. The Kier molecular flexibility index (Phi) is 16.0. The molecule has 0 unspecified atom stereocenters. The number of halogens is 2. The molecule has 0 fully saturated rings. The third-order valence-electron chi connectivity index (χ3n) is 7.25. The molecule has 0 spiro atoms. The van der Waals surface area contributed by atoms with Gasteiger partial charge in [-0.2, -0.15) is 25.7 Å². The molecule has 0 radical (unpaired) electrons. The van der Waals surface area contributed by atoms with Gasteiger partial charge in [0.1, 0.15) is 23.3 Å². The molecule has 4 aromatic rings. The van der Waals surface area contributed by atoms with Crippen molar-refractivity contribution in [2.75, 3.05) is 0 Å². The Hall–Kier alpha value is -1.89. The second-order valence-corrected chi connectivity index (χ2v) is 13.5. The summed E-state index contributed by atoms with van der Waals surface area (Å²) in [5.41, 5.74) is 4.97.